The number of rotatable bonds is 6. The average Bonchev–Trinajstić information content (AvgIpc) is 2.79. The minimum absolute atomic E-state index is 0.0417. The number of ether oxygens (including phenoxy) is 1. The van der Waals surface area contributed by atoms with Gasteiger partial charge in [-0.15, -0.1) is 0 Å². The number of aromatic nitrogens is 2. The van der Waals surface area contributed by atoms with E-state index in [1.54, 1.807) is 9.58 Å². The van der Waals surface area contributed by atoms with Gasteiger partial charge in [-0.05, 0) is 44.5 Å². The summed E-state index contributed by atoms with van der Waals surface area (Å²) in [5, 5.41) is 4.32. The van der Waals surface area contributed by atoms with Crippen LogP contribution in [-0.4, -0.2) is 34.2 Å². The Bertz CT molecular complexity index is 632. The second-order valence-electron chi connectivity index (χ2n) is 5.41. The maximum absolute atomic E-state index is 12.3. The molecule has 1 heterocycles. The Kier molecular flexibility index (Phi) is 5.20. The molecule has 0 spiro atoms. The first-order valence-corrected chi connectivity index (χ1v) is 7.46. The summed E-state index contributed by atoms with van der Waals surface area (Å²) in [5.41, 5.74) is 3.01. The minimum Gasteiger partial charge on any atom is -0.494 e. The fraction of sp³-hybridized carbons (Fsp3) is 0.412. The van der Waals surface area contributed by atoms with E-state index in [1.165, 1.54) is 0 Å². The number of benzene rings is 1. The number of carbonyl (C=O) groups excluding carboxylic acids is 1. The van der Waals surface area contributed by atoms with Crippen LogP contribution in [0, 0.1) is 13.8 Å². The third-order valence-corrected chi connectivity index (χ3v) is 3.47. The Morgan fingerprint density at radius 3 is 2.50 bits per heavy atom. The van der Waals surface area contributed by atoms with Gasteiger partial charge in [0.05, 0.1) is 12.3 Å². The molecule has 22 heavy (non-hydrogen) atoms. The molecule has 0 N–H and O–H groups in total. The fourth-order valence-corrected chi connectivity index (χ4v) is 2.30. The van der Waals surface area contributed by atoms with Crippen molar-refractivity contribution in [1.29, 1.82) is 0 Å². The van der Waals surface area contributed by atoms with Crippen LogP contribution in [0.2, 0.25) is 0 Å². The molecule has 5 heteroatoms. The number of amides is 1. The molecule has 0 fully saturated rings. The van der Waals surface area contributed by atoms with Crippen molar-refractivity contribution in [3.63, 3.8) is 0 Å². The van der Waals surface area contributed by atoms with Crippen molar-refractivity contribution in [3.05, 3.63) is 47.3 Å². The molecule has 0 bridgehead atoms. The van der Waals surface area contributed by atoms with Gasteiger partial charge in [0.1, 0.15) is 12.3 Å². The van der Waals surface area contributed by atoms with E-state index in [0.29, 0.717) is 13.2 Å². The number of aryl methyl sites for hydroxylation is 2. The first-order chi connectivity index (χ1) is 10.5. The van der Waals surface area contributed by atoms with Crippen molar-refractivity contribution in [2.75, 3.05) is 13.7 Å². The maximum Gasteiger partial charge on any atom is 0.244 e. The van der Waals surface area contributed by atoms with E-state index in [2.05, 4.69) is 5.10 Å². The number of hydrogen-bond acceptors (Lipinski definition) is 3. The predicted molar refractivity (Wildman–Crippen MR) is 85.8 cm³/mol. The molecule has 0 aliphatic carbocycles. The van der Waals surface area contributed by atoms with Crippen molar-refractivity contribution in [3.8, 4) is 5.75 Å². The molecule has 0 unspecified atom stereocenters. The highest BCUT2D eigenvalue weighted by Crippen LogP contribution is 2.13. The van der Waals surface area contributed by atoms with Crippen LogP contribution in [0.15, 0.2) is 30.3 Å². The van der Waals surface area contributed by atoms with Gasteiger partial charge in [-0.25, -0.2) is 0 Å². The number of nitrogens with zero attached hydrogens (tertiary/aromatic N) is 3. The van der Waals surface area contributed by atoms with Crippen LogP contribution in [0.4, 0.5) is 0 Å². The Hall–Kier alpha value is -2.30. The highest BCUT2D eigenvalue weighted by Gasteiger charge is 2.12. The van der Waals surface area contributed by atoms with Crippen molar-refractivity contribution in [1.82, 2.24) is 14.7 Å². The maximum atomic E-state index is 12.3. The van der Waals surface area contributed by atoms with E-state index in [1.807, 2.05) is 58.2 Å². The topological polar surface area (TPSA) is 47.4 Å². The summed E-state index contributed by atoms with van der Waals surface area (Å²) in [4.78, 5) is 14.0. The Morgan fingerprint density at radius 1 is 1.27 bits per heavy atom. The quantitative estimate of drug-likeness (QED) is 0.824. The summed E-state index contributed by atoms with van der Waals surface area (Å²) in [6, 6.07) is 9.80. The van der Waals surface area contributed by atoms with Crippen LogP contribution in [-0.2, 0) is 17.9 Å². The van der Waals surface area contributed by atoms with Crippen LogP contribution >= 0.6 is 0 Å². The average molecular weight is 301 g/mol. The Morgan fingerprint density at radius 2 is 1.95 bits per heavy atom. The first-order valence-electron chi connectivity index (χ1n) is 7.46. The monoisotopic (exact) mass is 301 g/mol. The van der Waals surface area contributed by atoms with Gasteiger partial charge in [-0.2, -0.15) is 5.10 Å². The highest BCUT2D eigenvalue weighted by molar-refractivity contribution is 5.75. The van der Waals surface area contributed by atoms with Crippen LogP contribution < -0.4 is 4.74 Å². The molecule has 0 aliphatic rings. The van der Waals surface area contributed by atoms with Crippen molar-refractivity contribution >= 4 is 5.91 Å². The van der Waals surface area contributed by atoms with E-state index >= 15 is 0 Å². The second-order valence-corrected chi connectivity index (χ2v) is 5.41. The van der Waals surface area contributed by atoms with Crippen molar-refractivity contribution in [2.24, 2.45) is 0 Å². The zero-order valence-electron chi connectivity index (χ0n) is 13.7. The zero-order valence-corrected chi connectivity index (χ0v) is 13.7. The molecule has 1 aromatic heterocycles. The molecule has 0 radical (unpaired) electrons. The van der Waals surface area contributed by atoms with E-state index in [4.69, 9.17) is 4.74 Å². The summed E-state index contributed by atoms with van der Waals surface area (Å²) < 4.78 is 7.16. The second kappa shape index (κ2) is 7.11. The van der Waals surface area contributed by atoms with Gasteiger partial charge < -0.3 is 9.64 Å². The van der Waals surface area contributed by atoms with Gasteiger partial charge in [0.2, 0.25) is 5.91 Å². The lowest BCUT2D eigenvalue weighted by Crippen LogP contribution is -2.30. The van der Waals surface area contributed by atoms with E-state index in [9.17, 15) is 4.79 Å². The molecule has 0 saturated carbocycles. The normalized spacial score (nSPS) is 10.5. The lowest BCUT2D eigenvalue weighted by atomic mass is 10.2. The molecular formula is C17H23N3O2. The van der Waals surface area contributed by atoms with Crippen LogP contribution in [0.1, 0.15) is 23.9 Å². The zero-order chi connectivity index (χ0) is 16.1. The van der Waals surface area contributed by atoms with Gasteiger partial charge >= 0.3 is 0 Å². The lowest BCUT2D eigenvalue weighted by molar-refractivity contribution is -0.131. The smallest absolute Gasteiger partial charge is 0.244 e. The summed E-state index contributed by atoms with van der Waals surface area (Å²) in [6.45, 7) is 7.34. The SMILES string of the molecule is CCOc1ccc(CN(C)C(=O)Cn2nc(C)cc2C)cc1. The molecule has 0 aliphatic heterocycles. The van der Waals surface area contributed by atoms with Crippen LogP contribution in [0.25, 0.3) is 0 Å². The highest BCUT2D eigenvalue weighted by atomic mass is 16.5. The largest absolute Gasteiger partial charge is 0.494 e. The molecule has 0 saturated heterocycles. The molecule has 0 atom stereocenters. The van der Waals surface area contributed by atoms with Crippen LogP contribution in [0.3, 0.4) is 0 Å². The molecule has 118 valence electrons. The minimum atomic E-state index is 0.0417. The summed E-state index contributed by atoms with van der Waals surface area (Å²) >= 11 is 0. The Labute approximate surface area is 131 Å². The standard InChI is InChI=1S/C17H23N3O2/c1-5-22-16-8-6-15(7-9-16)11-19(4)17(21)12-20-14(3)10-13(2)18-20/h6-10H,5,11-12H2,1-4H3. The number of likely N-dealkylation sites (N-methyl/N-ethyl adjacent to an activating group) is 1. The number of hydrogen-bond donors (Lipinski definition) is 0. The third-order valence-electron chi connectivity index (χ3n) is 3.47. The van der Waals surface area contributed by atoms with Gasteiger partial charge in [-0.3, -0.25) is 9.48 Å². The molecular weight excluding hydrogens is 278 g/mol. The van der Waals surface area contributed by atoms with Gasteiger partial charge in [-0.1, -0.05) is 12.1 Å². The molecule has 1 aromatic carbocycles. The van der Waals surface area contributed by atoms with E-state index in [-0.39, 0.29) is 12.5 Å². The molecule has 2 aromatic rings. The number of carbonyl (C=O) groups is 1. The predicted octanol–water partition coefficient (Wildman–Crippen LogP) is 2.56. The van der Waals surface area contributed by atoms with Gasteiger partial charge in [0.25, 0.3) is 0 Å². The van der Waals surface area contributed by atoms with Crippen LogP contribution in [0.5, 0.6) is 5.75 Å². The summed E-state index contributed by atoms with van der Waals surface area (Å²) in [7, 11) is 1.81. The van der Waals surface area contributed by atoms with Gasteiger partial charge in [0.15, 0.2) is 0 Å². The lowest BCUT2D eigenvalue weighted by Gasteiger charge is -2.18. The summed E-state index contributed by atoms with van der Waals surface area (Å²) in [6.07, 6.45) is 0. The van der Waals surface area contributed by atoms with Crippen molar-refractivity contribution < 1.29 is 9.53 Å². The first kappa shape index (κ1) is 16.1. The molecule has 5 nitrogen and oxygen atoms in total. The van der Waals surface area contributed by atoms with E-state index < -0.39 is 0 Å². The molecule has 2 rings (SSSR count). The van der Waals surface area contributed by atoms with Crippen molar-refractivity contribution in [2.45, 2.75) is 33.9 Å². The van der Waals surface area contributed by atoms with Gasteiger partial charge in [0, 0.05) is 19.3 Å². The molecule has 1 amide bonds. The third kappa shape index (κ3) is 4.10. The summed E-state index contributed by atoms with van der Waals surface area (Å²) in [5.74, 6) is 0.892. The van der Waals surface area contributed by atoms with E-state index in [0.717, 1.165) is 22.7 Å². The fourth-order valence-electron chi connectivity index (χ4n) is 2.30. The Balaban J connectivity index is 1.94.